The Morgan fingerprint density at radius 3 is 2.11 bits per heavy atom. The molecule has 0 radical (unpaired) electrons. The van der Waals surface area contributed by atoms with Gasteiger partial charge in [-0.1, -0.05) is 0 Å². The van der Waals surface area contributed by atoms with Crippen molar-refractivity contribution < 1.29 is 8.78 Å². The first kappa shape index (κ1) is 8.70. The molecule has 0 spiro atoms. The summed E-state index contributed by atoms with van der Waals surface area (Å²) >= 11 is 0. The molecule has 1 nitrogen and oxygen atoms in total. The van der Waals surface area contributed by atoms with Crippen molar-refractivity contribution in [2.45, 2.75) is 6.43 Å². The van der Waals surface area contributed by atoms with Crippen LogP contribution in [-0.2, 0) is 0 Å². The van der Waals surface area contributed by atoms with Gasteiger partial charge in [0.2, 0.25) is 6.43 Å². The lowest BCUT2D eigenvalue weighted by Crippen LogP contribution is -2.06. The Morgan fingerprint density at radius 2 is 2.00 bits per heavy atom. The molecule has 0 aromatic rings. The first-order chi connectivity index (χ1) is 3.98. The van der Waals surface area contributed by atoms with E-state index in [0.29, 0.717) is 0 Å². The molecule has 0 aliphatic rings. The predicted molar refractivity (Wildman–Crippen MR) is 35.9 cm³/mol. The molecule has 54 valence electrons. The van der Waals surface area contributed by atoms with E-state index in [1.807, 2.05) is 5.40 Å². The van der Waals surface area contributed by atoms with Crippen LogP contribution in [0.4, 0.5) is 8.78 Å². The van der Waals surface area contributed by atoms with Crippen LogP contribution in [0.3, 0.4) is 0 Å². The first-order valence-corrected chi connectivity index (χ1v) is 5.00. The van der Waals surface area contributed by atoms with E-state index in [0.717, 1.165) is 0 Å². The number of thiocyanates is 1. The highest BCUT2D eigenvalue weighted by Crippen LogP contribution is 2.39. The van der Waals surface area contributed by atoms with Crippen LogP contribution in [0.5, 0.6) is 0 Å². The van der Waals surface area contributed by atoms with Crippen LogP contribution in [0.15, 0.2) is 0 Å². The molecule has 0 saturated heterocycles. The average Bonchev–Trinajstić information content (AvgIpc) is 1.63. The zero-order valence-corrected chi connectivity index (χ0v) is 6.21. The molecule has 0 aliphatic carbocycles. The number of hydrogen-bond acceptors (Lipinski definition) is 1. The highest BCUT2D eigenvalue weighted by atomic mass is 32.3. The smallest absolute Gasteiger partial charge is 0.210 e. The van der Waals surface area contributed by atoms with Gasteiger partial charge in [-0.05, 0) is 12.5 Å². The summed E-state index contributed by atoms with van der Waals surface area (Å²) in [7, 11) is -1.66. The van der Waals surface area contributed by atoms with Gasteiger partial charge in [-0.15, -0.1) is 0 Å². The van der Waals surface area contributed by atoms with Gasteiger partial charge in [-0.3, -0.25) is 0 Å². The molecule has 0 N–H and O–H groups in total. The summed E-state index contributed by atoms with van der Waals surface area (Å²) in [6.45, 7) is 0. The van der Waals surface area contributed by atoms with Gasteiger partial charge >= 0.3 is 0 Å². The minimum Gasteiger partial charge on any atom is -0.210 e. The molecule has 0 bridgehead atoms. The second-order valence-electron chi connectivity index (χ2n) is 2.19. The van der Waals surface area contributed by atoms with Crippen LogP contribution >= 0.6 is 10.0 Å². The quantitative estimate of drug-likeness (QED) is 0.555. The summed E-state index contributed by atoms with van der Waals surface area (Å²) in [5, 5.41) is 10.2. The Bertz CT molecular complexity index is 127. The Hall–Kier alpha value is -0.300. The number of hydrogen-bond donors (Lipinski definition) is 0. The molecular weight excluding hydrogens is 144 g/mol. The van der Waals surface area contributed by atoms with E-state index in [4.69, 9.17) is 5.26 Å². The average molecular weight is 153 g/mol. The van der Waals surface area contributed by atoms with Gasteiger partial charge in [-0.25, -0.2) is 8.78 Å². The van der Waals surface area contributed by atoms with E-state index in [1.54, 1.807) is 12.5 Å². The SMILES string of the molecule is CS(C)(C#N)CC(F)F. The lowest BCUT2D eigenvalue weighted by molar-refractivity contribution is 0.176. The topological polar surface area (TPSA) is 23.8 Å². The molecule has 0 rings (SSSR count). The van der Waals surface area contributed by atoms with Crippen LogP contribution in [0.2, 0.25) is 0 Å². The van der Waals surface area contributed by atoms with Gasteiger partial charge < -0.3 is 0 Å². The predicted octanol–water partition coefficient (Wildman–Crippen LogP) is 1.80. The fourth-order valence-corrected chi connectivity index (χ4v) is 1.06. The summed E-state index contributed by atoms with van der Waals surface area (Å²) in [5.74, 6) is -0.260. The van der Waals surface area contributed by atoms with Gasteiger partial charge in [0, 0.05) is 0 Å². The third kappa shape index (κ3) is 4.22. The van der Waals surface area contributed by atoms with Crippen molar-refractivity contribution in [1.82, 2.24) is 0 Å². The highest BCUT2D eigenvalue weighted by Gasteiger charge is 2.16. The Labute approximate surface area is 55.0 Å². The van der Waals surface area contributed by atoms with Gasteiger partial charge in [0.15, 0.2) is 0 Å². The number of alkyl halides is 2. The summed E-state index contributed by atoms with van der Waals surface area (Å²) in [5.41, 5.74) is 0. The van der Waals surface area contributed by atoms with Crippen molar-refractivity contribution in [3.8, 4) is 5.40 Å². The van der Waals surface area contributed by atoms with Crippen LogP contribution in [0.25, 0.3) is 0 Å². The Kier molecular flexibility index (Phi) is 2.92. The van der Waals surface area contributed by atoms with Crippen LogP contribution < -0.4 is 0 Å². The van der Waals surface area contributed by atoms with Crippen molar-refractivity contribution in [3.05, 3.63) is 0 Å². The van der Waals surface area contributed by atoms with Gasteiger partial charge in [0.25, 0.3) is 0 Å². The van der Waals surface area contributed by atoms with E-state index in [2.05, 4.69) is 0 Å². The van der Waals surface area contributed by atoms with Crippen LogP contribution in [0.1, 0.15) is 0 Å². The molecule has 0 saturated carbocycles. The van der Waals surface area contributed by atoms with Crippen LogP contribution in [0, 0.1) is 10.7 Å². The summed E-state index contributed by atoms with van der Waals surface area (Å²) in [4.78, 5) is 0. The maximum Gasteiger partial charge on any atom is 0.247 e. The molecule has 0 aromatic heterocycles. The van der Waals surface area contributed by atoms with E-state index in [-0.39, 0.29) is 5.75 Å². The molecule has 0 aliphatic heterocycles. The maximum absolute atomic E-state index is 11.6. The second kappa shape index (κ2) is 3.02. The molecule has 0 fully saturated rings. The number of halogens is 2. The first-order valence-electron chi connectivity index (χ1n) is 2.38. The molecule has 0 unspecified atom stereocenters. The summed E-state index contributed by atoms with van der Waals surface area (Å²) < 4.78 is 23.2. The summed E-state index contributed by atoms with van der Waals surface area (Å²) in [6.07, 6.45) is 0.827. The minimum atomic E-state index is -2.34. The molecule has 4 heteroatoms. The number of rotatable bonds is 2. The fourth-order valence-electron chi connectivity index (χ4n) is 0.352. The van der Waals surface area contributed by atoms with Crippen molar-refractivity contribution in [3.63, 3.8) is 0 Å². The Balaban J connectivity index is 3.76. The van der Waals surface area contributed by atoms with E-state index < -0.39 is 16.5 Å². The van der Waals surface area contributed by atoms with E-state index in [9.17, 15) is 8.78 Å². The minimum absolute atomic E-state index is 0.260. The number of nitrogens with zero attached hydrogens (tertiary/aromatic N) is 1. The van der Waals surface area contributed by atoms with Gasteiger partial charge in [-0.2, -0.15) is 15.3 Å². The third-order valence-corrected chi connectivity index (χ3v) is 2.37. The van der Waals surface area contributed by atoms with Crippen LogP contribution in [-0.4, -0.2) is 24.7 Å². The fraction of sp³-hybridized carbons (Fsp3) is 0.800. The lowest BCUT2D eigenvalue weighted by Gasteiger charge is -2.19. The van der Waals surface area contributed by atoms with Gasteiger partial charge in [0.1, 0.15) is 5.40 Å². The van der Waals surface area contributed by atoms with Crippen molar-refractivity contribution in [2.75, 3.05) is 18.3 Å². The molecule has 9 heavy (non-hydrogen) atoms. The van der Waals surface area contributed by atoms with E-state index in [1.165, 1.54) is 0 Å². The maximum atomic E-state index is 11.6. The molecule has 0 heterocycles. The number of nitriles is 1. The zero-order valence-electron chi connectivity index (χ0n) is 5.40. The van der Waals surface area contributed by atoms with Crippen molar-refractivity contribution >= 4 is 10.0 Å². The second-order valence-corrected chi connectivity index (χ2v) is 5.78. The zero-order chi connectivity index (χ0) is 7.49. The van der Waals surface area contributed by atoms with E-state index >= 15 is 0 Å². The molecule has 0 amide bonds. The molecular formula is C5H9F2NS. The third-order valence-electron chi connectivity index (χ3n) is 0.790. The molecule has 0 atom stereocenters. The Morgan fingerprint density at radius 1 is 1.56 bits per heavy atom. The lowest BCUT2D eigenvalue weighted by atomic mass is 10.9. The highest BCUT2D eigenvalue weighted by molar-refractivity contribution is 8.36. The molecule has 0 aromatic carbocycles. The van der Waals surface area contributed by atoms with Crippen molar-refractivity contribution in [2.24, 2.45) is 0 Å². The van der Waals surface area contributed by atoms with Crippen molar-refractivity contribution in [1.29, 1.82) is 5.26 Å². The largest absolute Gasteiger partial charge is 0.247 e. The van der Waals surface area contributed by atoms with Gasteiger partial charge in [0.05, 0.1) is 5.75 Å². The monoisotopic (exact) mass is 153 g/mol. The summed E-state index contributed by atoms with van der Waals surface area (Å²) in [6, 6.07) is 0. The standard InChI is InChI=1S/C5H9F2NS/c1-9(2,4-8)3-5(6)7/h5H,3H2,1-2H3. The normalized spacial score (nSPS) is 13.3.